The van der Waals surface area contributed by atoms with Crippen LogP contribution < -0.4 is 11.1 Å². The zero-order valence-electron chi connectivity index (χ0n) is 10.2. The zero-order chi connectivity index (χ0) is 13.4. The Morgan fingerprint density at radius 3 is 3.00 bits per heavy atom. The zero-order valence-corrected chi connectivity index (χ0v) is 11.0. The Hall–Kier alpha value is -1.94. The van der Waals surface area contributed by atoms with Crippen molar-refractivity contribution in [1.82, 2.24) is 10.3 Å². The molecule has 98 valence electrons. The van der Waals surface area contributed by atoms with E-state index < -0.39 is 0 Å². The molecule has 0 spiro atoms. The van der Waals surface area contributed by atoms with Crippen LogP contribution in [0.4, 0.5) is 5.69 Å². The number of fused-ring (bicyclic) bond motifs is 1. The van der Waals surface area contributed by atoms with Gasteiger partial charge in [-0.1, -0.05) is 17.7 Å². The van der Waals surface area contributed by atoms with E-state index in [-0.39, 0.29) is 11.9 Å². The minimum Gasteiger partial charge on any atom is -0.399 e. The molecule has 2 aromatic rings. The van der Waals surface area contributed by atoms with Crippen molar-refractivity contribution in [1.29, 1.82) is 0 Å². The van der Waals surface area contributed by atoms with E-state index in [2.05, 4.69) is 10.3 Å². The molecule has 0 saturated heterocycles. The van der Waals surface area contributed by atoms with E-state index in [1.165, 1.54) is 5.56 Å². The summed E-state index contributed by atoms with van der Waals surface area (Å²) in [5, 5.41) is 3.55. The van der Waals surface area contributed by atoms with Crippen LogP contribution in [-0.2, 0) is 6.42 Å². The molecule has 1 aromatic heterocycles. The number of nitrogens with one attached hydrogen (secondary N) is 2. The number of nitrogen functional groups attached to an aromatic ring is 1. The summed E-state index contributed by atoms with van der Waals surface area (Å²) < 4.78 is 0. The number of aromatic nitrogens is 1. The SMILES string of the molecule is Nc1ccc2c(c1)CCC2NC(=O)c1cc(Cl)c[nH]1. The quantitative estimate of drug-likeness (QED) is 0.738. The first-order chi connectivity index (χ1) is 9.13. The first kappa shape index (κ1) is 12.1. The van der Waals surface area contributed by atoms with E-state index in [1.54, 1.807) is 12.3 Å². The fraction of sp³-hybridized carbons (Fsp3) is 0.214. The molecule has 1 amide bonds. The number of nitrogens with two attached hydrogens (primary N) is 1. The lowest BCUT2D eigenvalue weighted by molar-refractivity contribution is 0.0932. The monoisotopic (exact) mass is 275 g/mol. The Morgan fingerprint density at radius 2 is 2.26 bits per heavy atom. The highest BCUT2D eigenvalue weighted by Crippen LogP contribution is 2.32. The van der Waals surface area contributed by atoms with Crippen LogP contribution >= 0.6 is 11.6 Å². The van der Waals surface area contributed by atoms with Gasteiger partial charge in [-0.2, -0.15) is 0 Å². The number of hydrogen-bond donors (Lipinski definition) is 3. The molecule has 1 aliphatic carbocycles. The summed E-state index contributed by atoms with van der Waals surface area (Å²) in [5.41, 5.74) is 9.38. The molecule has 4 N–H and O–H groups in total. The standard InChI is InChI=1S/C14H14ClN3O/c15-9-6-13(17-7-9)14(19)18-12-4-1-8-5-10(16)2-3-11(8)12/h2-3,5-7,12,17H,1,4,16H2,(H,18,19). The summed E-state index contributed by atoms with van der Waals surface area (Å²) in [7, 11) is 0. The number of hydrogen-bond acceptors (Lipinski definition) is 2. The molecule has 1 atom stereocenters. The van der Waals surface area contributed by atoms with E-state index in [1.807, 2.05) is 18.2 Å². The first-order valence-electron chi connectivity index (χ1n) is 6.16. The van der Waals surface area contributed by atoms with Gasteiger partial charge in [0.2, 0.25) is 0 Å². The van der Waals surface area contributed by atoms with Gasteiger partial charge in [0.1, 0.15) is 5.69 Å². The normalized spacial score (nSPS) is 17.2. The highest BCUT2D eigenvalue weighted by Gasteiger charge is 2.24. The van der Waals surface area contributed by atoms with Crippen LogP contribution in [0.25, 0.3) is 0 Å². The summed E-state index contributed by atoms with van der Waals surface area (Å²) in [4.78, 5) is 14.9. The van der Waals surface area contributed by atoms with Gasteiger partial charge in [-0.25, -0.2) is 0 Å². The van der Waals surface area contributed by atoms with Crippen LogP contribution in [0.5, 0.6) is 0 Å². The van der Waals surface area contributed by atoms with Crippen LogP contribution in [0.2, 0.25) is 5.02 Å². The molecule has 4 nitrogen and oxygen atoms in total. The molecular formula is C14H14ClN3O. The molecule has 3 rings (SSSR count). The molecule has 5 heteroatoms. The topological polar surface area (TPSA) is 70.9 Å². The van der Waals surface area contributed by atoms with Crippen LogP contribution in [0, 0.1) is 0 Å². The van der Waals surface area contributed by atoms with Crippen LogP contribution in [0.3, 0.4) is 0 Å². The molecule has 0 radical (unpaired) electrons. The smallest absolute Gasteiger partial charge is 0.268 e. The van der Waals surface area contributed by atoms with E-state index in [9.17, 15) is 4.79 Å². The van der Waals surface area contributed by atoms with Crippen LogP contribution in [0.15, 0.2) is 30.5 Å². The van der Waals surface area contributed by atoms with Gasteiger partial charge in [-0.3, -0.25) is 4.79 Å². The van der Waals surface area contributed by atoms with Crippen molar-refractivity contribution in [3.05, 3.63) is 52.3 Å². The van der Waals surface area contributed by atoms with Crippen molar-refractivity contribution in [3.8, 4) is 0 Å². The third-order valence-electron chi connectivity index (χ3n) is 3.44. The largest absolute Gasteiger partial charge is 0.399 e. The Kier molecular flexibility index (Phi) is 2.95. The maximum absolute atomic E-state index is 12.1. The molecular weight excluding hydrogens is 262 g/mol. The van der Waals surface area contributed by atoms with Crippen molar-refractivity contribution in [2.45, 2.75) is 18.9 Å². The van der Waals surface area contributed by atoms with E-state index in [4.69, 9.17) is 17.3 Å². The number of carbonyl (C=O) groups excluding carboxylic acids is 1. The Balaban J connectivity index is 1.78. The third-order valence-corrected chi connectivity index (χ3v) is 3.66. The summed E-state index contributed by atoms with van der Waals surface area (Å²) >= 11 is 5.79. The van der Waals surface area contributed by atoms with Gasteiger partial charge < -0.3 is 16.0 Å². The molecule has 1 heterocycles. The minimum absolute atomic E-state index is 0.0465. The average molecular weight is 276 g/mol. The van der Waals surface area contributed by atoms with Crippen molar-refractivity contribution in [3.63, 3.8) is 0 Å². The number of H-pyrrole nitrogens is 1. The Bertz CT molecular complexity index is 635. The third kappa shape index (κ3) is 2.31. The van der Waals surface area contributed by atoms with Gasteiger partial charge in [0.15, 0.2) is 0 Å². The van der Waals surface area contributed by atoms with Gasteiger partial charge >= 0.3 is 0 Å². The predicted molar refractivity (Wildman–Crippen MR) is 75.2 cm³/mol. The van der Waals surface area contributed by atoms with E-state index in [0.29, 0.717) is 10.7 Å². The number of aromatic amines is 1. The van der Waals surface area contributed by atoms with Gasteiger partial charge in [0.05, 0.1) is 11.1 Å². The van der Waals surface area contributed by atoms with E-state index in [0.717, 1.165) is 24.1 Å². The summed E-state index contributed by atoms with van der Waals surface area (Å²) in [5.74, 6) is -0.137. The summed E-state index contributed by atoms with van der Waals surface area (Å²) in [6, 6.07) is 7.51. The molecule has 0 saturated carbocycles. The highest BCUT2D eigenvalue weighted by atomic mass is 35.5. The number of benzene rings is 1. The molecule has 0 bridgehead atoms. The second kappa shape index (κ2) is 4.63. The molecule has 19 heavy (non-hydrogen) atoms. The fourth-order valence-electron chi connectivity index (χ4n) is 2.52. The second-order valence-corrected chi connectivity index (χ2v) is 5.19. The molecule has 1 aliphatic rings. The number of aryl methyl sites for hydroxylation is 1. The number of halogens is 1. The minimum atomic E-state index is -0.137. The maximum atomic E-state index is 12.1. The molecule has 0 aliphatic heterocycles. The Morgan fingerprint density at radius 1 is 1.42 bits per heavy atom. The van der Waals surface area contributed by atoms with E-state index >= 15 is 0 Å². The van der Waals surface area contributed by atoms with Crippen LogP contribution in [-0.4, -0.2) is 10.9 Å². The first-order valence-corrected chi connectivity index (χ1v) is 6.54. The summed E-state index contributed by atoms with van der Waals surface area (Å²) in [6.45, 7) is 0. The molecule has 0 fully saturated rings. The van der Waals surface area contributed by atoms with Gasteiger partial charge in [0.25, 0.3) is 5.91 Å². The summed E-state index contributed by atoms with van der Waals surface area (Å²) in [6.07, 6.45) is 3.44. The lowest BCUT2D eigenvalue weighted by Gasteiger charge is -2.13. The lowest BCUT2D eigenvalue weighted by Crippen LogP contribution is -2.27. The fourth-order valence-corrected chi connectivity index (χ4v) is 2.69. The number of rotatable bonds is 2. The second-order valence-electron chi connectivity index (χ2n) is 4.75. The van der Waals surface area contributed by atoms with Crippen molar-refractivity contribution < 1.29 is 4.79 Å². The Labute approximate surface area is 116 Å². The van der Waals surface area contributed by atoms with Gasteiger partial charge in [-0.15, -0.1) is 0 Å². The number of amides is 1. The van der Waals surface area contributed by atoms with Crippen molar-refractivity contribution in [2.75, 3.05) is 5.73 Å². The van der Waals surface area contributed by atoms with Crippen molar-refractivity contribution >= 4 is 23.2 Å². The van der Waals surface area contributed by atoms with Crippen LogP contribution in [0.1, 0.15) is 34.1 Å². The average Bonchev–Trinajstić information content (AvgIpc) is 2.96. The molecule has 1 aromatic carbocycles. The highest BCUT2D eigenvalue weighted by molar-refractivity contribution is 6.30. The number of carbonyl (C=O) groups is 1. The maximum Gasteiger partial charge on any atom is 0.268 e. The van der Waals surface area contributed by atoms with Gasteiger partial charge in [-0.05, 0) is 42.2 Å². The van der Waals surface area contributed by atoms with Gasteiger partial charge in [0, 0.05) is 11.9 Å². The predicted octanol–water partition coefficient (Wildman–Crippen LogP) is 2.67. The number of anilines is 1. The molecule has 1 unspecified atom stereocenters. The lowest BCUT2D eigenvalue weighted by atomic mass is 10.1. The van der Waals surface area contributed by atoms with Crippen molar-refractivity contribution in [2.24, 2.45) is 0 Å².